The zero-order chi connectivity index (χ0) is 22.6. The van der Waals surface area contributed by atoms with Crippen molar-refractivity contribution < 1.29 is 9.53 Å². The van der Waals surface area contributed by atoms with Crippen LogP contribution in [0.4, 0.5) is 0 Å². The van der Waals surface area contributed by atoms with E-state index in [1.807, 2.05) is 14.0 Å². The Morgan fingerprint density at radius 3 is 2.44 bits per heavy atom. The molecule has 0 aliphatic carbocycles. The number of guanidine groups is 1. The molecule has 1 aromatic carbocycles. The molecule has 2 aliphatic heterocycles. The number of hydrogen-bond donors (Lipinski definition) is 1. The Kier molecular flexibility index (Phi) is 10.3. The lowest BCUT2D eigenvalue weighted by Crippen LogP contribution is -2.47. The quantitative estimate of drug-likeness (QED) is 0.274. The molecule has 1 aromatic rings. The number of hydrogen-bond acceptors (Lipinski definition) is 4. The normalized spacial score (nSPS) is 19.2. The number of unbranched alkanes of at least 4 members (excludes halogenated alkanes) is 1. The molecule has 0 spiro atoms. The van der Waals surface area contributed by atoms with E-state index >= 15 is 0 Å². The van der Waals surface area contributed by atoms with E-state index in [1.165, 1.54) is 50.9 Å². The fraction of sp³-hybridized carbons (Fsp3) is 0.692. The van der Waals surface area contributed by atoms with Crippen LogP contribution < -0.4 is 5.32 Å². The lowest BCUT2D eigenvalue weighted by atomic mass is 9.90. The third-order valence-electron chi connectivity index (χ3n) is 6.88. The fourth-order valence-corrected chi connectivity index (χ4v) is 4.94. The van der Waals surface area contributed by atoms with Gasteiger partial charge >= 0.3 is 5.97 Å². The predicted octanol–water partition coefficient (Wildman–Crippen LogP) is 3.57. The van der Waals surface area contributed by atoms with E-state index in [0.717, 1.165) is 50.8 Å². The number of carbonyl (C=O) groups excluding carboxylic acids is 1. The Balaban J connectivity index is 1.25. The largest absolute Gasteiger partial charge is 0.466 e. The number of likely N-dealkylation sites (tertiary alicyclic amines) is 2. The van der Waals surface area contributed by atoms with Crippen molar-refractivity contribution in [1.82, 2.24) is 15.1 Å². The van der Waals surface area contributed by atoms with Gasteiger partial charge in [-0.05, 0) is 83.0 Å². The second-order valence-electron chi connectivity index (χ2n) is 9.17. The SMILES string of the molecule is CCOC(=O)C1CCN(C(=NC)NCCCCN2CCC(Cc3ccccc3)CC2)CC1. The summed E-state index contributed by atoms with van der Waals surface area (Å²) in [7, 11) is 1.85. The smallest absolute Gasteiger partial charge is 0.309 e. The maximum absolute atomic E-state index is 11.9. The first kappa shape index (κ1) is 24.6. The summed E-state index contributed by atoms with van der Waals surface area (Å²) in [5.41, 5.74) is 1.48. The van der Waals surface area contributed by atoms with Gasteiger partial charge in [-0.15, -0.1) is 0 Å². The molecule has 2 heterocycles. The molecule has 1 N–H and O–H groups in total. The Morgan fingerprint density at radius 2 is 1.78 bits per heavy atom. The van der Waals surface area contributed by atoms with Crippen molar-refractivity contribution in [2.45, 2.75) is 51.9 Å². The van der Waals surface area contributed by atoms with Gasteiger partial charge in [0.05, 0.1) is 12.5 Å². The van der Waals surface area contributed by atoms with Gasteiger partial charge < -0.3 is 19.9 Å². The van der Waals surface area contributed by atoms with Crippen LogP contribution in [-0.2, 0) is 16.0 Å². The topological polar surface area (TPSA) is 57.2 Å². The molecule has 32 heavy (non-hydrogen) atoms. The van der Waals surface area contributed by atoms with Gasteiger partial charge in [-0.1, -0.05) is 30.3 Å². The molecule has 178 valence electrons. The average molecular weight is 443 g/mol. The first-order chi connectivity index (χ1) is 15.7. The summed E-state index contributed by atoms with van der Waals surface area (Å²) in [6, 6.07) is 10.9. The van der Waals surface area contributed by atoms with Gasteiger partial charge in [0.25, 0.3) is 0 Å². The number of piperidine rings is 2. The zero-order valence-corrected chi connectivity index (χ0v) is 20.1. The monoisotopic (exact) mass is 442 g/mol. The second-order valence-corrected chi connectivity index (χ2v) is 9.17. The molecule has 2 saturated heterocycles. The highest BCUT2D eigenvalue weighted by molar-refractivity contribution is 5.80. The molecule has 6 heteroatoms. The minimum absolute atomic E-state index is 0.0424. The molecule has 2 aliphatic rings. The van der Waals surface area contributed by atoms with Crippen LogP contribution in [-0.4, -0.2) is 74.7 Å². The van der Waals surface area contributed by atoms with Crippen LogP contribution in [0.3, 0.4) is 0 Å². The average Bonchev–Trinajstić information content (AvgIpc) is 2.83. The molecular weight excluding hydrogens is 400 g/mol. The zero-order valence-electron chi connectivity index (χ0n) is 20.1. The Hall–Kier alpha value is -2.08. The van der Waals surface area contributed by atoms with Crippen molar-refractivity contribution in [3.05, 3.63) is 35.9 Å². The van der Waals surface area contributed by atoms with E-state index in [2.05, 4.69) is 50.4 Å². The molecule has 0 saturated carbocycles. The van der Waals surface area contributed by atoms with Gasteiger partial charge in [0.15, 0.2) is 5.96 Å². The molecule has 0 bridgehead atoms. The van der Waals surface area contributed by atoms with Gasteiger partial charge in [0.2, 0.25) is 0 Å². The number of aliphatic imine (C=N–C) groups is 1. The van der Waals surface area contributed by atoms with Crippen molar-refractivity contribution in [2.75, 3.05) is 52.9 Å². The number of esters is 1. The van der Waals surface area contributed by atoms with Crippen molar-refractivity contribution in [3.8, 4) is 0 Å². The number of nitrogens with zero attached hydrogens (tertiary/aromatic N) is 3. The van der Waals surface area contributed by atoms with Crippen LogP contribution in [0, 0.1) is 11.8 Å². The van der Waals surface area contributed by atoms with Crippen LogP contribution in [0.1, 0.15) is 51.0 Å². The number of nitrogens with one attached hydrogen (secondary N) is 1. The van der Waals surface area contributed by atoms with Crippen molar-refractivity contribution in [3.63, 3.8) is 0 Å². The van der Waals surface area contributed by atoms with E-state index in [9.17, 15) is 4.79 Å². The molecule has 0 aromatic heterocycles. The summed E-state index contributed by atoms with van der Waals surface area (Å²) in [5.74, 6) is 1.81. The van der Waals surface area contributed by atoms with Gasteiger partial charge in [-0.2, -0.15) is 0 Å². The van der Waals surface area contributed by atoms with Crippen LogP contribution >= 0.6 is 0 Å². The van der Waals surface area contributed by atoms with E-state index in [-0.39, 0.29) is 11.9 Å². The van der Waals surface area contributed by atoms with Crippen LogP contribution in [0.15, 0.2) is 35.3 Å². The summed E-state index contributed by atoms with van der Waals surface area (Å²) >= 11 is 0. The number of benzene rings is 1. The summed E-state index contributed by atoms with van der Waals surface area (Å²) in [6.07, 6.45) is 7.94. The molecule has 0 unspecified atom stereocenters. The maximum Gasteiger partial charge on any atom is 0.309 e. The summed E-state index contributed by atoms with van der Waals surface area (Å²) in [6.45, 7) is 8.69. The minimum atomic E-state index is -0.0424. The first-order valence-corrected chi connectivity index (χ1v) is 12.6. The lowest BCUT2D eigenvalue weighted by Gasteiger charge is -2.33. The third-order valence-corrected chi connectivity index (χ3v) is 6.88. The van der Waals surface area contributed by atoms with Crippen molar-refractivity contribution in [1.29, 1.82) is 0 Å². The summed E-state index contributed by atoms with van der Waals surface area (Å²) in [5, 5.41) is 3.52. The van der Waals surface area contributed by atoms with Gasteiger partial charge in [0.1, 0.15) is 0 Å². The molecule has 0 atom stereocenters. The number of carbonyl (C=O) groups is 1. The minimum Gasteiger partial charge on any atom is -0.466 e. The molecule has 2 fully saturated rings. The highest BCUT2D eigenvalue weighted by Crippen LogP contribution is 2.22. The highest BCUT2D eigenvalue weighted by atomic mass is 16.5. The Labute approximate surface area is 194 Å². The fourth-order valence-electron chi connectivity index (χ4n) is 4.94. The molecule has 3 rings (SSSR count). The molecule has 6 nitrogen and oxygen atoms in total. The summed E-state index contributed by atoms with van der Waals surface area (Å²) in [4.78, 5) is 21.3. The van der Waals surface area contributed by atoms with Gasteiger partial charge in [-0.3, -0.25) is 9.79 Å². The van der Waals surface area contributed by atoms with E-state index in [4.69, 9.17) is 4.74 Å². The maximum atomic E-state index is 11.9. The Morgan fingerprint density at radius 1 is 1.06 bits per heavy atom. The first-order valence-electron chi connectivity index (χ1n) is 12.6. The standard InChI is InChI=1S/C26H42N4O2/c1-3-32-25(31)24-13-19-30(20-14-24)26(27-2)28-15-7-8-16-29-17-11-23(12-18-29)21-22-9-5-4-6-10-22/h4-6,9-10,23-24H,3,7-8,11-21H2,1-2H3,(H,27,28). The Bertz CT molecular complexity index is 693. The van der Waals surface area contributed by atoms with Crippen molar-refractivity contribution in [2.24, 2.45) is 16.8 Å². The second kappa shape index (κ2) is 13.5. The van der Waals surface area contributed by atoms with Gasteiger partial charge in [-0.25, -0.2) is 0 Å². The molecule has 0 amide bonds. The van der Waals surface area contributed by atoms with E-state index in [1.54, 1.807) is 0 Å². The van der Waals surface area contributed by atoms with E-state index in [0.29, 0.717) is 6.61 Å². The van der Waals surface area contributed by atoms with Crippen LogP contribution in [0.5, 0.6) is 0 Å². The lowest BCUT2D eigenvalue weighted by molar-refractivity contribution is -0.149. The van der Waals surface area contributed by atoms with Crippen LogP contribution in [0.25, 0.3) is 0 Å². The highest BCUT2D eigenvalue weighted by Gasteiger charge is 2.27. The predicted molar refractivity (Wildman–Crippen MR) is 131 cm³/mol. The molecule has 0 radical (unpaired) electrons. The number of ether oxygens (including phenoxy) is 1. The van der Waals surface area contributed by atoms with E-state index < -0.39 is 0 Å². The van der Waals surface area contributed by atoms with Crippen molar-refractivity contribution >= 4 is 11.9 Å². The molecular formula is C26H42N4O2. The third kappa shape index (κ3) is 7.80. The number of rotatable bonds is 9. The summed E-state index contributed by atoms with van der Waals surface area (Å²) < 4.78 is 5.17. The van der Waals surface area contributed by atoms with Crippen LogP contribution in [0.2, 0.25) is 0 Å². The van der Waals surface area contributed by atoms with Gasteiger partial charge in [0, 0.05) is 26.7 Å².